The molecule has 1 aromatic rings. The smallest absolute Gasteiger partial charge is 0.238 e. The van der Waals surface area contributed by atoms with Crippen LogP contribution in [0.4, 0.5) is 5.69 Å². The maximum Gasteiger partial charge on any atom is 0.238 e. The molecule has 116 valence electrons. The largest absolute Gasteiger partial charge is 0.324 e. The average molecular weight is 288 g/mol. The fourth-order valence-corrected chi connectivity index (χ4v) is 2.39. The van der Waals surface area contributed by atoms with Crippen molar-refractivity contribution in [2.24, 2.45) is 0 Å². The molecule has 0 saturated carbocycles. The fourth-order valence-electron chi connectivity index (χ4n) is 2.39. The Morgan fingerprint density at radius 2 is 2.00 bits per heavy atom. The van der Waals surface area contributed by atoms with Crippen LogP contribution in [0.15, 0.2) is 30.4 Å². The van der Waals surface area contributed by atoms with E-state index in [2.05, 4.69) is 43.6 Å². The minimum atomic E-state index is 0.0364. The molecule has 0 bridgehead atoms. The summed E-state index contributed by atoms with van der Waals surface area (Å²) in [6.45, 7) is 16.3. The molecular formula is C18H28N2O. The van der Waals surface area contributed by atoms with Crippen LogP contribution in [0, 0.1) is 6.92 Å². The zero-order chi connectivity index (χ0) is 16.0. The van der Waals surface area contributed by atoms with Crippen molar-refractivity contribution in [2.75, 3.05) is 25.0 Å². The number of likely N-dealkylation sites (N-methyl/N-ethyl adjacent to an activating group) is 1. The first-order valence-electron chi connectivity index (χ1n) is 7.61. The summed E-state index contributed by atoms with van der Waals surface area (Å²) < 4.78 is 0. The lowest BCUT2D eigenvalue weighted by atomic mass is 9.98. The van der Waals surface area contributed by atoms with Crippen molar-refractivity contribution < 1.29 is 4.79 Å². The van der Waals surface area contributed by atoms with Crippen LogP contribution >= 0.6 is 0 Å². The number of rotatable bonds is 7. The molecule has 0 fully saturated rings. The van der Waals surface area contributed by atoms with Crippen molar-refractivity contribution in [3.05, 3.63) is 41.5 Å². The summed E-state index contributed by atoms with van der Waals surface area (Å²) in [5.41, 5.74) is 4.33. The minimum absolute atomic E-state index is 0.0364. The van der Waals surface area contributed by atoms with Crippen molar-refractivity contribution in [2.45, 2.75) is 40.5 Å². The summed E-state index contributed by atoms with van der Waals surface area (Å²) in [4.78, 5) is 14.4. The lowest BCUT2D eigenvalue weighted by Gasteiger charge is -2.21. The van der Waals surface area contributed by atoms with Gasteiger partial charge in [-0.1, -0.05) is 51.1 Å². The highest BCUT2D eigenvalue weighted by Crippen LogP contribution is 2.27. The SMILES string of the molecule is C=C(C)CN(CC)CC(=O)Nc1c(C)cccc1C(C)C. The van der Waals surface area contributed by atoms with E-state index < -0.39 is 0 Å². The Balaban J connectivity index is 2.81. The van der Waals surface area contributed by atoms with Crippen molar-refractivity contribution in [1.82, 2.24) is 4.90 Å². The molecular weight excluding hydrogens is 260 g/mol. The molecule has 0 aliphatic heterocycles. The number of nitrogens with one attached hydrogen (secondary N) is 1. The van der Waals surface area contributed by atoms with Gasteiger partial charge in [-0.15, -0.1) is 0 Å². The van der Waals surface area contributed by atoms with Crippen LogP contribution in [0.25, 0.3) is 0 Å². The van der Waals surface area contributed by atoms with Gasteiger partial charge in [0.2, 0.25) is 5.91 Å². The van der Waals surface area contributed by atoms with E-state index in [1.54, 1.807) is 0 Å². The van der Waals surface area contributed by atoms with Gasteiger partial charge in [0, 0.05) is 12.2 Å². The number of nitrogens with zero attached hydrogens (tertiary/aromatic N) is 1. The number of hydrogen-bond acceptors (Lipinski definition) is 2. The summed E-state index contributed by atoms with van der Waals surface area (Å²) in [5.74, 6) is 0.423. The molecule has 1 rings (SSSR count). The van der Waals surface area contributed by atoms with Gasteiger partial charge >= 0.3 is 0 Å². The van der Waals surface area contributed by atoms with E-state index >= 15 is 0 Å². The average Bonchev–Trinajstić information content (AvgIpc) is 2.39. The molecule has 1 aromatic carbocycles. The summed E-state index contributed by atoms with van der Waals surface area (Å²) in [7, 11) is 0. The quantitative estimate of drug-likeness (QED) is 0.770. The van der Waals surface area contributed by atoms with E-state index in [0.29, 0.717) is 12.5 Å². The molecule has 1 amide bonds. The zero-order valence-electron chi connectivity index (χ0n) is 14.0. The molecule has 0 spiro atoms. The molecule has 3 nitrogen and oxygen atoms in total. The van der Waals surface area contributed by atoms with Crippen LogP contribution < -0.4 is 5.32 Å². The first-order valence-corrected chi connectivity index (χ1v) is 7.61. The molecule has 3 heteroatoms. The van der Waals surface area contributed by atoms with E-state index in [9.17, 15) is 4.79 Å². The maximum atomic E-state index is 12.3. The summed E-state index contributed by atoms with van der Waals surface area (Å²) in [5, 5.41) is 3.09. The second kappa shape index (κ2) is 7.99. The number of anilines is 1. The molecule has 0 aromatic heterocycles. The van der Waals surface area contributed by atoms with E-state index in [-0.39, 0.29) is 5.91 Å². The number of amides is 1. The number of aryl methyl sites for hydroxylation is 1. The lowest BCUT2D eigenvalue weighted by molar-refractivity contribution is -0.117. The van der Waals surface area contributed by atoms with Crippen LogP contribution in [-0.2, 0) is 4.79 Å². The van der Waals surface area contributed by atoms with E-state index in [4.69, 9.17) is 0 Å². The predicted octanol–water partition coefficient (Wildman–Crippen LogP) is 3.95. The van der Waals surface area contributed by atoms with Crippen LogP contribution in [0.5, 0.6) is 0 Å². The standard InChI is InChI=1S/C18H28N2O/c1-7-20(11-13(2)3)12-17(21)19-18-15(6)9-8-10-16(18)14(4)5/h8-10,14H,2,7,11-12H2,1,3-6H3,(H,19,21). The summed E-state index contributed by atoms with van der Waals surface area (Å²) in [6, 6.07) is 6.16. The number of benzene rings is 1. The van der Waals surface area contributed by atoms with Crippen LogP contribution in [0.3, 0.4) is 0 Å². The van der Waals surface area contributed by atoms with Crippen molar-refractivity contribution in [1.29, 1.82) is 0 Å². The van der Waals surface area contributed by atoms with Crippen molar-refractivity contribution in [3.63, 3.8) is 0 Å². The Bertz CT molecular complexity index is 506. The molecule has 0 heterocycles. The molecule has 0 unspecified atom stereocenters. The second-order valence-corrected chi connectivity index (χ2v) is 6.00. The van der Waals surface area contributed by atoms with Gasteiger partial charge in [-0.05, 0) is 37.4 Å². The van der Waals surface area contributed by atoms with E-state index in [1.165, 1.54) is 5.56 Å². The summed E-state index contributed by atoms with van der Waals surface area (Å²) in [6.07, 6.45) is 0. The first-order chi connectivity index (χ1) is 9.85. The minimum Gasteiger partial charge on any atom is -0.324 e. The van der Waals surface area contributed by atoms with E-state index in [0.717, 1.165) is 29.9 Å². The van der Waals surface area contributed by atoms with Gasteiger partial charge in [-0.2, -0.15) is 0 Å². The lowest BCUT2D eigenvalue weighted by Crippen LogP contribution is -2.34. The third kappa shape index (κ3) is 5.35. The Hall–Kier alpha value is -1.61. The molecule has 0 aliphatic carbocycles. The van der Waals surface area contributed by atoms with E-state index in [1.807, 2.05) is 26.0 Å². The maximum absolute atomic E-state index is 12.3. The topological polar surface area (TPSA) is 32.3 Å². The molecule has 0 atom stereocenters. The molecule has 0 aliphatic rings. The Morgan fingerprint density at radius 3 is 2.52 bits per heavy atom. The van der Waals surface area contributed by atoms with Crippen molar-refractivity contribution >= 4 is 11.6 Å². The Kier molecular flexibility index (Phi) is 6.63. The molecule has 21 heavy (non-hydrogen) atoms. The third-order valence-corrected chi connectivity index (χ3v) is 3.50. The number of carbonyl (C=O) groups excluding carboxylic acids is 1. The highest BCUT2D eigenvalue weighted by atomic mass is 16.2. The fraction of sp³-hybridized carbons (Fsp3) is 0.500. The predicted molar refractivity (Wildman–Crippen MR) is 90.8 cm³/mol. The Morgan fingerprint density at radius 1 is 1.33 bits per heavy atom. The van der Waals surface area contributed by atoms with Gasteiger partial charge in [0.15, 0.2) is 0 Å². The van der Waals surface area contributed by atoms with Gasteiger partial charge in [0.05, 0.1) is 6.54 Å². The van der Waals surface area contributed by atoms with Crippen molar-refractivity contribution in [3.8, 4) is 0 Å². The van der Waals surface area contributed by atoms with Crippen LogP contribution in [0.1, 0.15) is 44.7 Å². The number of carbonyl (C=O) groups is 1. The van der Waals surface area contributed by atoms with Crippen LogP contribution in [0.2, 0.25) is 0 Å². The molecule has 0 saturated heterocycles. The van der Waals surface area contributed by atoms with Gasteiger partial charge in [0.1, 0.15) is 0 Å². The Labute approximate surface area is 129 Å². The summed E-state index contributed by atoms with van der Waals surface area (Å²) >= 11 is 0. The molecule has 0 radical (unpaired) electrons. The molecule has 1 N–H and O–H groups in total. The van der Waals surface area contributed by atoms with Gasteiger partial charge in [0.25, 0.3) is 0 Å². The number of para-hydroxylation sites is 1. The zero-order valence-corrected chi connectivity index (χ0v) is 14.0. The third-order valence-electron chi connectivity index (χ3n) is 3.50. The second-order valence-electron chi connectivity index (χ2n) is 6.00. The van der Waals surface area contributed by atoms with Gasteiger partial charge in [-0.3, -0.25) is 9.69 Å². The first kappa shape index (κ1) is 17.4. The monoisotopic (exact) mass is 288 g/mol. The highest BCUT2D eigenvalue weighted by molar-refractivity contribution is 5.93. The van der Waals surface area contributed by atoms with Gasteiger partial charge < -0.3 is 5.32 Å². The highest BCUT2D eigenvalue weighted by Gasteiger charge is 2.14. The number of hydrogen-bond donors (Lipinski definition) is 1. The van der Waals surface area contributed by atoms with Gasteiger partial charge in [-0.25, -0.2) is 0 Å². The van der Waals surface area contributed by atoms with Crippen LogP contribution in [-0.4, -0.2) is 30.4 Å². The normalized spacial score (nSPS) is 11.0.